The van der Waals surface area contributed by atoms with E-state index >= 15 is 0 Å². The van der Waals surface area contributed by atoms with E-state index in [9.17, 15) is 0 Å². The van der Waals surface area contributed by atoms with Crippen LogP contribution < -0.4 is 0 Å². The maximum absolute atomic E-state index is 3.87. The van der Waals surface area contributed by atoms with Gasteiger partial charge in [0.1, 0.15) is 0 Å². The van der Waals surface area contributed by atoms with Crippen molar-refractivity contribution >= 4 is 26.6 Å². The van der Waals surface area contributed by atoms with Crippen LogP contribution in [0.25, 0.3) is 0 Å². The second-order valence-electron chi connectivity index (χ2n) is 3.85. The van der Waals surface area contributed by atoms with Crippen molar-refractivity contribution in [2.45, 2.75) is 39.8 Å². The Morgan fingerprint density at radius 2 is 1.73 bits per heavy atom. The lowest BCUT2D eigenvalue weighted by Crippen LogP contribution is -2.25. The molecular weight excluding hydrogens is 180 g/mol. The van der Waals surface area contributed by atoms with Crippen LogP contribution in [-0.2, 0) is 0 Å². The van der Waals surface area contributed by atoms with Gasteiger partial charge < -0.3 is 0 Å². The van der Waals surface area contributed by atoms with Gasteiger partial charge in [-0.25, -0.2) is 0 Å². The van der Waals surface area contributed by atoms with Gasteiger partial charge in [-0.2, -0.15) is 0 Å². The summed E-state index contributed by atoms with van der Waals surface area (Å²) in [6, 6.07) is 2.84. The van der Waals surface area contributed by atoms with Crippen LogP contribution in [0.2, 0.25) is 12.1 Å². The largest absolute Gasteiger partial charge is 0.0631 e. The van der Waals surface area contributed by atoms with Crippen LogP contribution >= 0.6 is 0 Å². The first kappa shape index (κ1) is 11.7. The highest BCUT2D eigenvalue weighted by molar-refractivity contribution is 7.34. The number of hydrogen-bond acceptors (Lipinski definition) is 0. The maximum atomic E-state index is 3.87. The van der Waals surface area contributed by atoms with Crippen LogP contribution in [0.5, 0.6) is 0 Å². The first-order valence-corrected chi connectivity index (χ1v) is 9.75. The summed E-state index contributed by atoms with van der Waals surface area (Å²) in [5.74, 6) is 1.76. The lowest BCUT2D eigenvalue weighted by atomic mass is 10.3. The molecule has 6 radical (unpaired) electrons. The third-order valence-corrected chi connectivity index (χ3v) is 8.72. The summed E-state index contributed by atoms with van der Waals surface area (Å²) in [7, 11) is 4.91. The van der Waals surface area contributed by atoms with E-state index in [1.54, 1.807) is 0 Å². The van der Waals surface area contributed by atoms with Gasteiger partial charge in [-0.3, -0.25) is 0 Å². The van der Waals surface area contributed by atoms with Crippen LogP contribution in [0.1, 0.15) is 27.7 Å². The Bertz CT molecular complexity index is 91.3. The molecule has 0 atom stereocenters. The van der Waals surface area contributed by atoms with Crippen molar-refractivity contribution in [2.75, 3.05) is 0 Å². The summed E-state index contributed by atoms with van der Waals surface area (Å²) < 4.78 is 0. The Labute approximate surface area is 78.6 Å². The number of hydrogen-bond donors (Lipinski definition) is 0. The molecule has 0 rings (SSSR count). The minimum Gasteiger partial charge on any atom is -0.0631 e. The van der Waals surface area contributed by atoms with E-state index in [1.807, 2.05) is 0 Å². The fourth-order valence-electron chi connectivity index (χ4n) is 0.808. The first-order chi connectivity index (χ1) is 5.02. The molecule has 0 saturated heterocycles. The Balaban J connectivity index is 3.29. The molecule has 0 nitrogen and oxygen atoms in total. The average molecular weight is 198 g/mol. The maximum Gasteiger partial charge on any atom is 0.0221 e. The molecule has 0 aliphatic heterocycles. The highest BCUT2D eigenvalue weighted by Gasteiger charge is 2.08. The van der Waals surface area contributed by atoms with E-state index in [4.69, 9.17) is 0 Å². The SMILES string of the molecule is CC(C)C[Si][Si]([Si])CC(C)C. The third kappa shape index (κ3) is 8.56. The molecule has 0 N–H and O–H groups in total. The molecule has 0 amide bonds. The lowest BCUT2D eigenvalue weighted by molar-refractivity contribution is 0.726. The summed E-state index contributed by atoms with van der Waals surface area (Å²) in [5, 5.41) is 0. The Kier molecular flexibility index (Phi) is 6.56. The molecule has 0 spiro atoms. The van der Waals surface area contributed by atoms with Crippen LogP contribution in [-0.4, -0.2) is 26.6 Å². The van der Waals surface area contributed by atoms with Crippen LogP contribution in [0.4, 0.5) is 0 Å². The highest BCUT2D eigenvalue weighted by Crippen LogP contribution is 2.06. The van der Waals surface area contributed by atoms with E-state index in [0.29, 0.717) is 0 Å². The zero-order valence-corrected chi connectivity index (χ0v) is 11.1. The molecule has 0 bridgehead atoms. The molecule has 0 unspecified atom stereocenters. The van der Waals surface area contributed by atoms with Gasteiger partial charge in [-0.15, -0.1) is 0 Å². The predicted octanol–water partition coefficient (Wildman–Crippen LogP) is 2.08. The van der Waals surface area contributed by atoms with Gasteiger partial charge in [0.05, 0.1) is 0 Å². The van der Waals surface area contributed by atoms with Crippen molar-refractivity contribution in [3.8, 4) is 0 Å². The molecule has 11 heavy (non-hydrogen) atoms. The van der Waals surface area contributed by atoms with Crippen molar-refractivity contribution in [1.29, 1.82) is 0 Å². The van der Waals surface area contributed by atoms with Gasteiger partial charge >= 0.3 is 0 Å². The fraction of sp³-hybridized carbons (Fsp3) is 1.00. The van der Waals surface area contributed by atoms with Crippen molar-refractivity contribution in [1.82, 2.24) is 0 Å². The quantitative estimate of drug-likeness (QED) is 0.594. The summed E-state index contributed by atoms with van der Waals surface area (Å²) >= 11 is 0. The lowest BCUT2D eigenvalue weighted by Gasteiger charge is -2.12. The van der Waals surface area contributed by atoms with Crippen molar-refractivity contribution in [3.63, 3.8) is 0 Å². The first-order valence-electron chi connectivity index (χ1n) is 4.33. The summed E-state index contributed by atoms with van der Waals surface area (Å²) in [4.78, 5) is 0. The third-order valence-electron chi connectivity index (χ3n) is 1.34. The molecule has 0 aromatic heterocycles. The summed E-state index contributed by atoms with van der Waals surface area (Å²) in [6.45, 7) is 9.24. The second kappa shape index (κ2) is 6.20. The van der Waals surface area contributed by atoms with Gasteiger partial charge in [0.25, 0.3) is 0 Å². The highest BCUT2D eigenvalue weighted by atomic mass is 29.5. The molecule has 0 aromatic rings. The zero-order valence-electron chi connectivity index (χ0n) is 8.07. The smallest absolute Gasteiger partial charge is 0.0221 e. The van der Waals surface area contributed by atoms with E-state index in [1.165, 1.54) is 21.1 Å². The van der Waals surface area contributed by atoms with Gasteiger partial charge in [0.2, 0.25) is 0 Å². The second-order valence-corrected chi connectivity index (χ2v) is 12.2. The van der Waals surface area contributed by atoms with E-state index in [0.717, 1.165) is 11.8 Å². The minimum atomic E-state index is -0.151. The monoisotopic (exact) mass is 198 g/mol. The molecule has 0 aliphatic rings. The standard InChI is InChI=1S/C8H18Si3/c1-7(2)5-10-11(9)6-8(3)4/h7-8H,5-6H2,1-4H3. The average Bonchev–Trinajstić information content (AvgIpc) is 1.82. The van der Waals surface area contributed by atoms with Crippen molar-refractivity contribution in [2.24, 2.45) is 11.8 Å². The van der Waals surface area contributed by atoms with Crippen LogP contribution in [0, 0.1) is 11.8 Å². The van der Waals surface area contributed by atoms with E-state index in [-0.39, 0.29) is 7.83 Å². The van der Waals surface area contributed by atoms with Crippen LogP contribution in [0.3, 0.4) is 0 Å². The zero-order chi connectivity index (χ0) is 8.85. The molecular formula is C8H18Si3. The van der Waals surface area contributed by atoms with E-state index < -0.39 is 0 Å². The molecule has 3 heteroatoms. The Morgan fingerprint density at radius 3 is 2.09 bits per heavy atom. The fourth-order valence-corrected chi connectivity index (χ4v) is 8.19. The topological polar surface area (TPSA) is 0 Å². The molecule has 62 valence electrons. The normalized spacial score (nSPS) is 12.0. The molecule has 0 heterocycles. The predicted molar refractivity (Wildman–Crippen MR) is 56.6 cm³/mol. The molecule has 0 aromatic carbocycles. The number of rotatable bonds is 5. The molecule has 0 fully saturated rings. The summed E-state index contributed by atoms with van der Waals surface area (Å²) in [5.41, 5.74) is 0. The van der Waals surface area contributed by atoms with Crippen LogP contribution in [0.15, 0.2) is 0 Å². The minimum absolute atomic E-state index is 0.151. The van der Waals surface area contributed by atoms with Gasteiger partial charge in [0.15, 0.2) is 0 Å². The Morgan fingerprint density at radius 1 is 1.18 bits per heavy atom. The van der Waals surface area contributed by atoms with Gasteiger partial charge in [-0.1, -0.05) is 51.6 Å². The van der Waals surface area contributed by atoms with E-state index in [2.05, 4.69) is 37.5 Å². The van der Waals surface area contributed by atoms with Gasteiger partial charge in [0, 0.05) is 26.6 Å². The van der Waals surface area contributed by atoms with Crippen molar-refractivity contribution < 1.29 is 0 Å². The Hall–Kier alpha value is 0.651. The van der Waals surface area contributed by atoms with Crippen molar-refractivity contribution in [3.05, 3.63) is 0 Å². The molecule has 0 saturated carbocycles. The van der Waals surface area contributed by atoms with Gasteiger partial charge in [-0.05, 0) is 0 Å². The summed E-state index contributed by atoms with van der Waals surface area (Å²) in [6.07, 6.45) is 0. The molecule has 0 aliphatic carbocycles.